The van der Waals surface area contributed by atoms with Gasteiger partial charge in [0.25, 0.3) is 0 Å². The lowest BCUT2D eigenvalue weighted by Gasteiger charge is -2.10. The van der Waals surface area contributed by atoms with E-state index in [1.165, 1.54) is 7.11 Å². The maximum absolute atomic E-state index is 9.98. The van der Waals surface area contributed by atoms with E-state index < -0.39 is 0 Å². The maximum atomic E-state index is 9.98. The summed E-state index contributed by atoms with van der Waals surface area (Å²) in [6, 6.07) is 9.09. The highest BCUT2D eigenvalue weighted by molar-refractivity contribution is 5.48. The molecule has 0 unspecified atom stereocenters. The van der Waals surface area contributed by atoms with Gasteiger partial charge in [-0.2, -0.15) is 0 Å². The first-order chi connectivity index (χ1) is 9.74. The number of para-hydroxylation sites is 1. The Kier molecular flexibility index (Phi) is 4.65. The van der Waals surface area contributed by atoms with Gasteiger partial charge in [0.05, 0.1) is 25.6 Å². The summed E-state index contributed by atoms with van der Waals surface area (Å²) in [5.41, 5.74) is 1.62. The number of rotatable bonds is 6. The number of nitrogens with one attached hydrogen (secondary N) is 1. The Morgan fingerprint density at radius 2 is 2.10 bits per heavy atom. The molecule has 0 saturated heterocycles. The molecule has 1 aromatic carbocycles. The molecule has 106 valence electrons. The predicted molar refractivity (Wildman–Crippen MR) is 77.4 cm³/mol. The minimum atomic E-state index is 0.154. The number of pyridine rings is 1. The largest absolute Gasteiger partial charge is 0.504 e. The van der Waals surface area contributed by atoms with Gasteiger partial charge in [0.2, 0.25) is 5.88 Å². The third-order valence-electron chi connectivity index (χ3n) is 2.81. The molecule has 0 fully saturated rings. The Morgan fingerprint density at radius 3 is 2.75 bits per heavy atom. The van der Waals surface area contributed by atoms with Crippen LogP contribution in [0.4, 0.5) is 5.69 Å². The fraction of sp³-hybridized carbons (Fsp3) is 0.267. The van der Waals surface area contributed by atoms with Crippen LogP contribution >= 0.6 is 0 Å². The van der Waals surface area contributed by atoms with Crippen molar-refractivity contribution in [1.82, 2.24) is 4.98 Å². The second-order valence-corrected chi connectivity index (χ2v) is 4.14. The van der Waals surface area contributed by atoms with Crippen LogP contribution in [0.2, 0.25) is 0 Å². The quantitative estimate of drug-likeness (QED) is 0.848. The molecule has 0 saturated carbocycles. The highest BCUT2D eigenvalue weighted by atomic mass is 16.5. The molecule has 0 bridgehead atoms. The topological polar surface area (TPSA) is 63.6 Å². The lowest BCUT2D eigenvalue weighted by molar-refractivity contribution is 0.327. The number of hydrogen-bond donors (Lipinski definition) is 2. The van der Waals surface area contributed by atoms with Crippen molar-refractivity contribution < 1.29 is 14.6 Å². The lowest BCUT2D eigenvalue weighted by Crippen LogP contribution is -2.01. The van der Waals surface area contributed by atoms with Crippen LogP contribution in [-0.2, 0) is 6.54 Å². The number of hydrogen-bond acceptors (Lipinski definition) is 5. The number of phenols is 1. The molecule has 0 aliphatic rings. The minimum absolute atomic E-state index is 0.154. The summed E-state index contributed by atoms with van der Waals surface area (Å²) in [6.45, 7) is 3.00. The smallest absolute Gasteiger partial charge is 0.213 e. The molecule has 0 radical (unpaired) electrons. The van der Waals surface area contributed by atoms with Crippen LogP contribution in [0.1, 0.15) is 12.5 Å². The number of anilines is 1. The van der Waals surface area contributed by atoms with Crippen LogP contribution in [-0.4, -0.2) is 23.8 Å². The molecule has 1 heterocycles. The molecule has 5 heteroatoms. The summed E-state index contributed by atoms with van der Waals surface area (Å²) >= 11 is 0. The SMILES string of the molecule is CCOc1ccc(NCc2cccc(OC)c2O)cn1. The number of benzene rings is 1. The highest BCUT2D eigenvalue weighted by Crippen LogP contribution is 2.29. The van der Waals surface area contributed by atoms with Crippen LogP contribution < -0.4 is 14.8 Å². The molecule has 0 spiro atoms. The average Bonchev–Trinajstić information content (AvgIpc) is 2.48. The normalized spacial score (nSPS) is 10.1. The first kappa shape index (κ1) is 14.0. The highest BCUT2D eigenvalue weighted by Gasteiger charge is 2.06. The summed E-state index contributed by atoms with van der Waals surface area (Å²) in [6.07, 6.45) is 1.70. The lowest BCUT2D eigenvalue weighted by atomic mass is 10.2. The van der Waals surface area contributed by atoms with Gasteiger partial charge in [-0.1, -0.05) is 12.1 Å². The van der Waals surface area contributed by atoms with Crippen LogP contribution in [0.25, 0.3) is 0 Å². The monoisotopic (exact) mass is 274 g/mol. The van der Waals surface area contributed by atoms with Crippen molar-refractivity contribution in [2.75, 3.05) is 19.0 Å². The number of nitrogens with zero attached hydrogens (tertiary/aromatic N) is 1. The van der Waals surface area contributed by atoms with Gasteiger partial charge < -0.3 is 19.9 Å². The van der Waals surface area contributed by atoms with Crippen molar-refractivity contribution in [2.45, 2.75) is 13.5 Å². The van der Waals surface area contributed by atoms with Gasteiger partial charge >= 0.3 is 0 Å². The molecule has 0 amide bonds. The van der Waals surface area contributed by atoms with E-state index in [1.54, 1.807) is 18.3 Å². The molecule has 5 nitrogen and oxygen atoms in total. The Bertz CT molecular complexity index is 556. The van der Waals surface area contributed by atoms with E-state index in [9.17, 15) is 5.11 Å². The molecular weight excluding hydrogens is 256 g/mol. The van der Waals surface area contributed by atoms with Gasteiger partial charge in [0.1, 0.15) is 0 Å². The number of methoxy groups -OCH3 is 1. The van der Waals surface area contributed by atoms with E-state index in [1.807, 2.05) is 25.1 Å². The van der Waals surface area contributed by atoms with Crippen molar-refractivity contribution in [3.63, 3.8) is 0 Å². The zero-order chi connectivity index (χ0) is 14.4. The van der Waals surface area contributed by atoms with Crippen molar-refractivity contribution in [2.24, 2.45) is 0 Å². The summed E-state index contributed by atoms with van der Waals surface area (Å²) < 4.78 is 10.4. The van der Waals surface area contributed by atoms with Crippen LogP contribution in [0.15, 0.2) is 36.5 Å². The van der Waals surface area contributed by atoms with Crippen molar-refractivity contribution >= 4 is 5.69 Å². The zero-order valence-corrected chi connectivity index (χ0v) is 11.6. The molecular formula is C15H18N2O3. The van der Waals surface area contributed by atoms with E-state index in [2.05, 4.69) is 10.3 Å². The number of aromatic hydroxyl groups is 1. The molecule has 0 aliphatic heterocycles. The molecule has 2 aromatic rings. The van der Waals surface area contributed by atoms with Crippen molar-refractivity contribution in [3.8, 4) is 17.4 Å². The second kappa shape index (κ2) is 6.65. The van der Waals surface area contributed by atoms with E-state index >= 15 is 0 Å². The van der Waals surface area contributed by atoms with E-state index in [0.717, 1.165) is 11.3 Å². The van der Waals surface area contributed by atoms with Crippen LogP contribution in [0.5, 0.6) is 17.4 Å². The Labute approximate surface area is 118 Å². The zero-order valence-electron chi connectivity index (χ0n) is 11.6. The van der Waals surface area contributed by atoms with Crippen LogP contribution in [0, 0.1) is 0 Å². The molecule has 0 aliphatic carbocycles. The first-order valence-electron chi connectivity index (χ1n) is 6.42. The molecule has 0 atom stereocenters. The fourth-order valence-electron chi connectivity index (χ4n) is 1.79. The predicted octanol–water partition coefficient (Wildman–Crippen LogP) is 2.81. The van der Waals surface area contributed by atoms with Gasteiger partial charge in [-0.05, 0) is 19.1 Å². The van der Waals surface area contributed by atoms with E-state index in [0.29, 0.717) is 24.8 Å². The Hall–Kier alpha value is -2.43. The van der Waals surface area contributed by atoms with Crippen LogP contribution in [0.3, 0.4) is 0 Å². The summed E-state index contributed by atoms with van der Waals surface area (Å²) in [4.78, 5) is 4.16. The first-order valence-corrected chi connectivity index (χ1v) is 6.42. The number of ether oxygens (including phenoxy) is 2. The number of aromatic nitrogens is 1. The van der Waals surface area contributed by atoms with Gasteiger partial charge in [0, 0.05) is 18.2 Å². The molecule has 2 N–H and O–H groups in total. The van der Waals surface area contributed by atoms with Gasteiger partial charge in [-0.25, -0.2) is 4.98 Å². The third-order valence-corrected chi connectivity index (χ3v) is 2.81. The van der Waals surface area contributed by atoms with Gasteiger partial charge in [-0.15, -0.1) is 0 Å². The Morgan fingerprint density at radius 1 is 1.25 bits per heavy atom. The standard InChI is InChI=1S/C15H18N2O3/c1-3-20-14-8-7-12(10-17-14)16-9-11-5-4-6-13(19-2)15(11)18/h4-8,10,16,18H,3,9H2,1-2H3. The fourth-order valence-corrected chi connectivity index (χ4v) is 1.79. The molecule has 2 rings (SSSR count). The van der Waals surface area contributed by atoms with Gasteiger partial charge in [-0.3, -0.25) is 0 Å². The average molecular weight is 274 g/mol. The Balaban J connectivity index is 2.01. The summed E-state index contributed by atoms with van der Waals surface area (Å²) in [7, 11) is 1.53. The number of phenolic OH excluding ortho intramolecular Hbond substituents is 1. The molecule has 1 aromatic heterocycles. The minimum Gasteiger partial charge on any atom is -0.504 e. The molecule has 20 heavy (non-hydrogen) atoms. The second-order valence-electron chi connectivity index (χ2n) is 4.14. The van der Waals surface area contributed by atoms with E-state index in [4.69, 9.17) is 9.47 Å². The maximum Gasteiger partial charge on any atom is 0.213 e. The van der Waals surface area contributed by atoms with E-state index in [-0.39, 0.29) is 5.75 Å². The van der Waals surface area contributed by atoms with Crippen molar-refractivity contribution in [3.05, 3.63) is 42.1 Å². The summed E-state index contributed by atoms with van der Waals surface area (Å²) in [5, 5.41) is 13.2. The van der Waals surface area contributed by atoms with Crippen molar-refractivity contribution in [1.29, 1.82) is 0 Å². The van der Waals surface area contributed by atoms with Gasteiger partial charge in [0.15, 0.2) is 11.5 Å². The summed E-state index contributed by atoms with van der Waals surface area (Å²) in [5.74, 6) is 1.22. The third kappa shape index (κ3) is 3.32.